The summed E-state index contributed by atoms with van der Waals surface area (Å²) in [6, 6.07) is 0.669. The zero-order valence-corrected chi connectivity index (χ0v) is 20.6. The highest BCUT2D eigenvalue weighted by Crippen LogP contribution is 2.41. The van der Waals surface area contributed by atoms with Crippen LogP contribution in [0, 0.1) is 0 Å². The van der Waals surface area contributed by atoms with Gasteiger partial charge in [-0.15, -0.1) is 0 Å². The van der Waals surface area contributed by atoms with Crippen molar-refractivity contribution in [2.45, 2.75) is 56.2 Å². The minimum absolute atomic E-state index is 0.110. The van der Waals surface area contributed by atoms with Crippen molar-refractivity contribution < 1.29 is 31.5 Å². The third kappa shape index (κ3) is 5.67. The van der Waals surface area contributed by atoms with Crippen LogP contribution in [0.5, 0.6) is 0 Å². The van der Waals surface area contributed by atoms with E-state index < -0.39 is 38.3 Å². The normalized spacial score (nSPS) is 21.5. The van der Waals surface area contributed by atoms with Gasteiger partial charge in [0.1, 0.15) is 15.0 Å². The average Bonchev–Trinajstić information content (AvgIpc) is 3.07. The Morgan fingerprint density at radius 3 is 2.47 bits per heavy atom. The van der Waals surface area contributed by atoms with Crippen LogP contribution in [-0.2, 0) is 22.6 Å². The van der Waals surface area contributed by atoms with Crippen molar-refractivity contribution in [1.82, 2.24) is 20.1 Å². The molecule has 0 unspecified atom stereocenters. The first-order valence-electron chi connectivity index (χ1n) is 10.3. The van der Waals surface area contributed by atoms with Gasteiger partial charge in [0.05, 0.1) is 27.1 Å². The summed E-state index contributed by atoms with van der Waals surface area (Å²) in [6.07, 6.45) is -1.85. The highest BCUT2D eigenvalue weighted by molar-refractivity contribution is 7.91. The van der Waals surface area contributed by atoms with Gasteiger partial charge in [0.15, 0.2) is 5.69 Å². The number of hydrogen-bond acceptors (Lipinski definition) is 6. The summed E-state index contributed by atoms with van der Waals surface area (Å²) in [6.45, 7) is 1.54. The molecule has 0 saturated heterocycles. The second kappa shape index (κ2) is 9.63. The Hall–Kier alpha value is -1.89. The molecule has 2 N–H and O–H groups in total. The highest BCUT2D eigenvalue weighted by atomic mass is 35.5. The predicted molar refractivity (Wildman–Crippen MR) is 121 cm³/mol. The third-order valence-corrected chi connectivity index (χ3v) is 8.13. The number of aryl methyl sites for hydroxylation is 1. The number of hydrogen-bond donors (Lipinski definition) is 2. The average molecular weight is 543 g/mol. The van der Waals surface area contributed by atoms with Crippen LogP contribution < -0.4 is 5.32 Å². The molecule has 0 spiro atoms. The molecule has 34 heavy (non-hydrogen) atoms. The second-order valence-corrected chi connectivity index (χ2v) is 11.4. The number of pyridine rings is 1. The molecule has 1 amide bonds. The molecular formula is C20H23Cl2F3N4O4S. The van der Waals surface area contributed by atoms with Crippen molar-refractivity contribution in [2.75, 3.05) is 12.8 Å². The maximum Gasteiger partial charge on any atom is 0.417 e. The first kappa shape index (κ1) is 26.7. The topological polar surface area (TPSA) is 114 Å². The number of rotatable bonds is 6. The number of sulfone groups is 1. The number of alkyl halides is 3. The summed E-state index contributed by atoms with van der Waals surface area (Å²) < 4.78 is 65.4. The molecule has 0 atom stereocenters. The van der Waals surface area contributed by atoms with Gasteiger partial charge in [0.25, 0.3) is 5.91 Å². The van der Waals surface area contributed by atoms with Gasteiger partial charge in [0, 0.05) is 31.1 Å². The summed E-state index contributed by atoms with van der Waals surface area (Å²) >= 11 is 12.0. The van der Waals surface area contributed by atoms with E-state index in [1.165, 1.54) is 0 Å². The van der Waals surface area contributed by atoms with Gasteiger partial charge in [0.2, 0.25) is 0 Å². The van der Waals surface area contributed by atoms with E-state index >= 15 is 0 Å². The van der Waals surface area contributed by atoms with Gasteiger partial charge in [-0.3, -0.25) is 9.48 Å². The van der Waals surface area contributed by atoms with Crippen molar-refractivity contribution in [2.24, 2.45) is 0 Å². The van der Waals surface area contributed by atoms with E-state index in [0.29, 0.717) is 6.07 Å². The number of aliphatic hydroxyl groups is 1. The quantitative estimate of drug-likeness (QED) is 0.537. The van der Waals surface area contributed by atoms with Crippen LogP contribution in [0.3, 0.4) is 0 Å². The van der Waals surface area contributed by atoms with Crippen LogP contribution in [0.1, 0.15) is 48.7 Å². The van der Waals surface area contributed by atoms with Crippen molar-refractivity contribution >= 4 is 38.9 Å². The molecule has 2 aromatic heterocycles. The summed E-state index contributed by atoms with van der Waals surface area (Å²) in [7, 11) is -3.23. The van der Waals surface area contributed by atoms with Gasteiger partial charge in [-0.25, -0.2) is 13.4 Å². The molecule has 188 valence electrons. The van der Waals surface area contributed by atoms with E-state index in [1.54, 1.807) is 6.92 Å². The number of carbonyl (C=O) groups excluding carboxylic acids is 1. The smallest absolute Gasteiger partial charge is 0.388 e. The molecule has 0 bridgehead atoms. The second-order valence-electron chi connectivity index (χ2n) is 8.31. The van der Waals surface area contributed by atoms with Crippen molar-refractivity contribution in [3.63, 3.8) is 0 Å². The van der Waals surface area contributed by atoms with Crippen LogP contribution in [0.15, 0.2) is 12.3 Å². The molecule has 0 aliphatic heterocycles. The van der Waals surface area contributed by atoms with Gasteiger partial charge < -0.3 is 10.4 Å². The predicted octanol–water partition coefficient (Wildman–Crippen LogP) is 3.74. The molecular weight excluding hydrogens is 520 g/mol. The maximum absolute atomic E-state index is 13.6. The third-order valence-electron chi connectivity index (χ3n) is 5.89. The van der Waals surface area contributed by atoms with Crippen molar-refractivity contribution in [3.05, 3.63) is 33.7 Å². The van der Waals surface area contributed by atoms with Gasteiger partial charge in [-0.05, 0) is 38.7 Å². The summed E-state index contributed by atoms with van der Waals surface area (Å²) in [5.41, 5.74) is -3.22. The fourth-order valence-electron chi connectivity index (χ4n) is 3.99. The first-order valence-corrected chi connectivity index (χ1v) is 13.1. The van der Waals surface area contributed by atoms with Gasteiger partial charge in [-0.1, -0.05) is 23.2 Å². The minimum Gasteiger partial charge on any atom is -0.388 e. The zero-order valence-electron chi connectivity index (χ0n) is 18.3. The molecule has 0 radical (unpaired) electrons. The van der Waals surface area contributed by atoms with Crippen LogP contribution >= 0.6 is 23.2 Å². The monoisotopic (exact) mass is 542 g/mol. The fraction of sp³-hybridized carbons (Fsp3) is 0.550. The SMILES string of the molecule is CCn1nc(C(=O)NC[C@]2(O)CC[C@@H](S(C)(=O)=O)CC2)c(Cl)c1-c1cnc(Cl)cc1C(F)(F)F. The van der Waals surface area contributed by atoms with E-state index in [1.807, 2.05) is 0 Å². The van der Waals surface area contributed by atoms with E-state index in [9.17, 15) is 31.5 Å². The Morgan fingerprint density at radius 1 is 1.32 bits per heavy atom. The lowest BCUT2D eigenvalue weighted by atomic mass is 9.84. The minimum atomic E-state index is -4.76. The molecule has 1 fully saturated rings. The molecule has 3 rings (SSSR count). The van der Waals surface area contributed by atoms with E-state index in [4.69, 9.17) is 23.2 Å². The Labute approximate surface area is 204 Å². The number of nitrogens with one attached hydrogen (secondary N) is 1. The Kier molecular flexibility index (Phi) is 7.57. The fourth-order valence-corrected chi connectivity index (χ4v) is 5.56. The molecule has 14 heteroatoms. The van der Waals surface area contributed by atoms with Crippen LogP contribution in [0.2, 0.25) is 10.2 Å². The number of amides is 1. The lowest BCUT2D eigenvalue weighted by Gasteiger charge is -2.35. The lowest BCUT2D eigenvalue weighted by molar-refractivity contribution is -0.137. The molecule has 1 aliphatic carbocycles. The highest BCUT2D eigenvalue weighted by Gasteiger charge is 2.39. The van der Waals surface area contributed by atoms with Crippen molar-refractivity contribution in [3.8, 4) is 11.3 Å². The largest absolute Gasteiger partial charge is 0.417 e. The van der Waals surface area contributed by atoms with Crippen LogP contribution in [0.4, 0.5) is 13.2 Å². The summed E-state index contributed by atoms with van der Waals surface area (Å²) in [5.74, 6) is -0.785. The van der Waals surface area contributed by atoms with Crippen LogP contribution in [-0.4, -0.2) is 57.8 Å². The molecule has 1 saturated carbocycles. The van der Waals surface area contributed by atoms with E-state index in [0.717, 1.165) is 17.1 Å². The number of aromatic nitrogens is 3. The molecule has 1 aliphatic rings. The van der Waals surface area contributed by atoms with Crippen LogP contribution in [0.25, 0.3) is 11.3 Å². The lowest BCUT2D eigenvalue weighted by Crippen LogP contribution is -2.47. The molecule has 2 aromatic rings. The first-order chi connectivity index (χ1) is 15.7. The van der Waals surface area contributed by atoms with Gasteiger partial charge in [-0.2, -0.15) is 18.3 Å². The molecule has 2 heterocycles. The summed E-state index contributed by atoms with van der Waals surface area (Å²) in [5, 5.41) is 16.1. The Bertz CT molecular complexity index is 1190. The molecule has 8 nitrogen and oxygen atoms in total. The number of nitrogens with zero attached hydrogens (tertiary/aromatic N) is 3. The van der Waals surface area contributed by atoms with E-state index in [-0.39, 0.29) is 65.9 Å². The maximum atomic E-state index is 13.6. The van der Waals surface area contributed by atoms with Gasteiger partial charge >= 0.3 is 6.18 Å². The Balaban J connectivity index is 1.85. The zero-order chi connectivity index (χ0) is 25.5. The standard InChI is InChI=1S/C20H23Cl2F3N4O4S/c1-3-29-17(12-9-26-14(21)8-13(12)20(23,24)25)15(22)16(28-29)18(30)27-10-19(31)6-4-11(5-7-19)34(2,32)33/h8-9,11,31H,3-7,10H2,1-2H3,(H,27,30)/t11-,19+. The Morgan fingerprint density at radius 2 is 1.94 bits per heavy atom. The summed E-state index contributed by atoms with van der Waals surface area (Å²) in [4.78, 5) is 16.5. The molecule has 0 aromatic carbocycles. The number of halogens is 5. The van der Waals surface area contributed by atoms with Crippen molar-refractivity contribution in [1.29, 1.82) is 0 Å². The van der Waals surface area contributed by atoms with E-state index in [2.05, 4.69) is 15.4 Å². The number of carbonyl (C=O) groups is 1.